The van der Waals surface area contributed by atoms with Gasteiger partial charge in [0.15, 0.2) is 0 Å². The lowest BCUT2D eigenvalue weighted by molar-refractivity contribution is -0.158. The molecular weight excluding hydrogens is 208 g/mol. The Morgan fingerprint density at radius 2 is 1.88 bits per heavy atom. The van der Waals surface area contributed by atoms with Crippen molar-refractivity contribution in [3.8, 4) is 0 Å². The molecule has 0 aromatic rings. The Morgan fingerprint density at radius 1 is 1.38 bits per heavy atom. The average Bonchev–Trinajstić information content (AvgIpc) is 2.08. The molecule has 0 aromatic heterocycles. The maximum Gasteiger partial charge on any atom is 0.309 e. The lowest BCUT2D eigenvalue weighted by Crippen LogP contribution is -2.38. The summed E-state index contributed by atoms with van der Waals surface area (Å²) in [6, 6.07) is 0. The molecule has 0 aliphatic rings. The molecule has 0 saturated carbocycles. The number of carboxylic acid groups (broad SMARTS) is 1. The monoisotopic (exact) mass is 230 g/mol. The Kier molecular flexibility index (Phi) is 5.65. The molecule has 0 saturated heterocycles. The number of carbonyl (C=O) groups excluding carboxylic acids is 1. The van der Waals surface area contributed by atoms with Gasteiger partial charge in [0, 0.05) is 0 Å². The van der Waals surface area contributed by atoms with Crippen LogP contribution in [-0.2, 0) is 14.3 Å². The zero-order valence-corrected chi connectivity index (χ0v) is 10.7. The summed E-state index contributed by atoms with van der Waals surface area (Å²) in [6.45, 7) is 9.26. The van der Waals surface area contributed by atoms with Gasteiger partial charge in [-0.15, -0.1) is 0 Å². The van der Waals surface area contributed by atoms with Crippen LogP contribution in [0.3, 0.4) is 0 Å². The summed E-state index contributed by atoms with van der Waals surface area (Å²) in [4.78, 5) is 22.0. The van der Waals surface area contributed by atoms with Crippen LogP contribution in [0.4, 0.5) is 0 Å². The standard InChI is InChI=1S/C12H22O4/c1-8(2)6-9(11(14)15)10(7-13)16-12(3,4)5/h7-10H,6H2,1-5H3,(H,14,15). The molecule has 2 unspecified atom stereocenters. The Bertz CT molecular complexity index is 240. The number of hydrogen-bond acceptors (Lipinski definition) is 3. The van der Waals surface area contributed by atoms with E-state index in [4.69, 9.17) is 9.84 Å². The van der Waals surface area contributed by atoms with Crippen LogP contribution in [0.2, 0.25) is 0 Å². The topological polar surface area (TPSA) is 63.6 Å². The highest BCUT2D eigenvalue weighted by molar-refractivity contribution is 5.76. The number of ether oxygens (including phenoxy) is 1. The quantitative estimate of drug-likeness (QED) is 0.710. The molecule has 0 bridgehead atoms. The minimum Gasteiger partial charge on any atom is -0.481 e. The van der Waals surface area contributed by atoms with Crippen molar-refractivity contribution in [2.45, 2.75) is 52.7 Å². The van der Waals surface area contributed by atoms with Crippen molar-refractivity contribution in [3.05, 3.63) is 0 Å². The number of carboxylic acids is 1. The molecule has 4 heteroatoms. The third-order valence-electron chi connectivity index (χ3n) is 2.06. The molecule has 0 aliphatic carbocycles. The van der Waals surface area contributed by atoms with E-state index in [0.717, 1.165) is 0 Å². The van der Waals surface area contributed by atoms with E-state index in [9.17, 15) is 9.59 Å². The summed E-state index contributed by atoms with van der Waals surface area (Å²) in [5.41, 5.74) is -0.518. The van der Waals surface area contributed by atoms with Gasteiger partial charge in [-0.1, -0.05) is 13.8 Å². The van der Waals surface area contributed by atoms with E-state index >= 15 is 0 Å². The van der Waals surface area contributed by atoms with Crippen LogP contribution in [0.1, 0.15) is 41.0 Å². The first-order valence-corrected chi connectivity index (χ1v) is 5.53. The summed E-state index contributed by atoms with van der Waals surface area (Å²) in [7, 11) is 0. The number of carbonyl (C=O) groups is 2. The summed E-state index contributed by atoms with van der Waals surface area (Å²) in [5, 5.41) is 9.08. The van der Waals surface area contributed by atoms with E-state index in [1.54, 1.807) is 20.8 Å². The molecule has 94 valence electrons. The molecule has 0 radical (unpaired) electrons. The first kappa shape index (κ1) is 15.1. The largest absolute Gasteiger partial charge is 0.481 e. The van der Waals surface area contributed by atoms with Crippen molar-refractivity contribution in [1.82, 2.24) is 0 Å². The fraction of sp³-hybridized carbons (Fsp3) is 0.833. The Balaban J connectivity index is 4.72. The number of hydrogen-bond donors (Lipinski definition) is 1. The highest BCUT2D eigenvalue weighted by atomic mass is 16.5. The van der Waals surface area contributed by atoms with E-state index in [1.165, 1.54) is 0 Å². The average molecular weight is 230 g/mol. The van der Waals surface area contributed by atoms with Crippen LogP contribution in [0.25, 0.3) is 0 Å². The van der Waals surface area contributed by atoms with Gasteiger partial charge in [-0.2, -0.15) is 0 Å². The Labute approximate surface area is 97.0 Å². The van der Waals surface area contributed by atoms with E-state index in [2.05, 4.69) is 0 Å². The van der Waals surface area contributed by atoms with Crippen molar-refractivity contribution in [1.29, 1.82) is 0 Å². The Morgan fingerprint density at radius 3 is 2.12 bits per heavy atom. The second-order valence-electron chi connectivity index (χ2n) is 5.41. The third-order valence-corrected chi connectivity index (χ3v) is 2.06. The molecule has 0 aromatic carbocycles. The maximum absolute atomic E-state index is 11.1. The molecule has 16 heavy (non-hydrogen) atoms. The molecule has 1 N–H and O–H groups in total. The second kappa shape index (κ2) is 5.99. The highest BCUT2D eigenvalue weighted by Crippen LogP contribution is 2.21. The normalized spacial score (nSPS) is 15.9. The van der Waals surface area contributed by atoms with Gasteiger partial charge in [-0.3, -0.25) is 4.79 Å². The van der Waals surface area contributed by atoms with Gasteiger partial charge < -0.3 is 14.6 Å². The molecule has 0 rings (SSSR count). The minimum absolute atomic E-state index is 0.215. The van der Waals surface area contributed by atoms with Gasteiger partial charge in [0.25, 0.3) is 0 Å². The van der Waals surface area contributed by atoms with Gasteiger partial charge in [0.1, 0.15) is 12.4 Å². The van der Waals surface area contributed by atoms with Gasteiger partial charge >= 0.3 is 5.97 Å². The van der Waals surface area contributed by atoms with Crippen molar-refractivity contribution < 1.29 is 19.4 Å². The van der Waals surface area contributed by atoms with Crippen LogP contribution in [-0.4, -0.2) is 29.1 Å². The molecule has 0 spiro atoms. The summed E-state index contributed by atoms with van der Waals surface area (Å²) in [5.74, 6) is -1.53. The van der Waals surface area contributed by atoms with E-state index in [0.29, 0.717) is 12.7 Å². The highest BCUT2D eigenvalue weighted by Gasteiger charge is 2.32. The fourth-order valence-corrected chi connectivity index (χ4v) is 1.50. The van der Waals surface area contributed by atoms with Crippen LogP contribution in [0.5, 0.6) is 0 Å². The van der Waals surface area contributed by atoms with E-state index in [-0.39, 0.29) is 5.92 Å². The lowest BCUT2D eigenvalue weighted by Gasteiger charge is -2.28. The predicted octanol–water partition coefficient (Wildman–Crippen LogP) is 2.12. The molecule has 0 heterocycles. The zero-order chi connectivity index (χ0) is 12.9. The number of aliphatic carboxylic acids is 1. The summed E-state index contributed by atoms with van der Waals surface area (Å²) < 4.78 is 5.46. The third kappa shape index (κ3) is 5.85. The summed E-state index contributed by atoms with van der Waals surface area (Å²) >= 11 is 0. The van der Waals surface area contributed by atoms with Crippen molar-refractivity contribution in [2.24, 2.45) is 11.8 Å². The SMILES string of the molecule is CC(C)CC(C(=O)O)C(C=O)OC(C)(C)C. The smallest absolute Gasteiger partial charge is 0.309 e. The van der Waals surface area contributed by atoms with E-state index < -0.39 is 23.6 Å². The van der Waals surface area contributed by atoms with Gasteiger partial charge in [-0.05, 0) is 33.1 Å². The first-order valence-electron chi connectivity index (χ1n) is 5.53. The fourth-order valence-electron chi connectivity index (χ4n) is 1.50. The van der Waals surface area contributed by atoms with E-state index in [1.807, 2.05) is 13.8 Å². The predicted molar refractivity (Wildman–Crippen MR) is 61.3 cm³/mol. The molecule has 0 fully saturated rings. The van der Waals surface area contributed by atoms with Crippen LogP contribution in [0, 0.1) is 11.8 Å². The van der Waals surface area contributed by atoms with Crippen LogP contribution < -0.4 is 0 Å². The molecule has 0 aliphatic heterocycles. The van der Waals surface area contributed by atoms with Gasteiger partial charge in [0.05, 0.1) is 11.5 Å². The maximum atomic E-state index is 11.1. The lowest BCUT2D eigenvalue weighted by atomic mass is 9.92. The first-order chi connectivity index (χ1) is 7.17. The summed E-state index contributed by atoms with van der Waals surface area (Å²) in [6.07, 6.45) is 0.154. The van der Waals surface area contributed by atoms with Crippen LogP contribution in [0.15, 0.2) is 0 Å². The molecule has 2 atom stereocenters. The number of aldehydes is 1. The van der Waals surface area contributed by atoms with Gasteiger partial charge in [0.2, 0.25) is 0 Å². The van der Waals surface area contributed by atoms with Crippen molar-refractivity contribution in [3.63, 3.8) is 0 Å². The number of rotatable bonds is 6. The zero-order valence-electron chi connectivity index (χ0n) is 10.7. The molecule has 0 amide bonds. The van der Waals surface area contributed by atoms with Crippen LogP contribution >= 0.6 is 0 Å². The second-order valence-corrected chi connectivity index (χ2v) is 5.41. The van der Waals surface area contributed by atoms with Crippen molar-refractivity contribution >= 4 is 12.3 Å². The minimum atomic E-state index is -0.977. The Hall–Kier alpha value is -0.900. The van der Waals surface area contributed by atoms with Gasteiger partial charge in [-0.25, -0.2) is 0 Å². The molecule has 4 nitrogen and oxygen atoms in total. The van der Waals surface area contributed by atoms with Crippen molar-refractivity contribution in [2.75, 3.05) is 0 Å². The molecular formula is C12H22O4.